The minimum absolute atomic E-state index is 0.0141. The highest BCUT2D eigenvalue weighted by Crippen LogP contribution is 2.30. The van der Waals surface area contributed by atoms with Gasteiger partial charge in [-0.15, -0.1) is 9.24 Å². The first kappa shape index (κ1) is 20.2. The van der Waals surface area contributed by atoms with Gasteiger partial charge in [0.2, 0.25) is 0 Å². The number of hydrogen-bond donors (Lipinski definition) is 1. The maximum absolute atomic E-state index is 12.4. The normalized spacial score (nSPS) is 21.1. The number of hydrogen-bond acceptors (Lipinski definition) is 5. The average molecular weight is 393 g/mol. The van der Waals surface area contributed by atoms with E-state index in [4.69, 9.17) is 9.47 Å². The molecule has 0 aromatic heterocycles. The zero-order valence-electron chi connectivity index (χ0n) is 16.7. The lowest BCUT2D eigenvalue weighted by molar-refractivity contribution is 0.00782. The topological polar surface area (TPSA) is 54.0 Å². The number of piperidine rings is 1. The largest absolute Gasteiger partial charge is 0.486 e. The summed E-state index contributed by atoms with van der Waals surface area (Å²) in [5.74, 6) is 0.903. The Morgan fingerprint density at radius 3 is 2.67 bits per heavy atom. The fraction of sp³-hybridized carbons (Fsp3) is 0.650. The van der Waals surface area contributed by atoms with E-state index in [1.165, 1.54) is 0 Å². The van der Waals surface area contributed by atoms with E-state index in [1.807, 2.05) is 20.8 Å². The Kier molecular flexibility index (Phi) is 6.48. The van der Waals surface area contributed by atoms with Gasteiger partial charge < -0.3 is 24.6 Å². The minimum atomic E-state index is -0.478. The molecule has 0 saturated carbocycles. The van der Waals surface area contributed by atoms with Crippen molar-refractivity contribution in [2.45, 2.75) is 45.3 Å². The number of ether oxygens (including phenoxy) is 2. The van der Waals surface area contributed by atoms with E-state index in [-0.39, 0.29) is 12.2 Å². The quantitative estimate of drug-likeness (QED) is 0.800. The molecule has 150 valence electrons. The number of likely N-dealkylation sites (tertiary alicyclic amines) is 1. The molecule has 2 fully saturated rings. The molecule has 1 N–H and O–H groups in total. The second-order valence-electron chi connectivity index (χ2n) is 8.27. The van der Waals surface area contributed by atoms with Crippen LogP contribution in [0.15, 0.2) is 18.2 Å². The van der Waals surface area contributed by atoms with Crippen molar-refractivity contribution in [1.29, 1.82) is 0 Å². The standard InChI is InChI=1S/C20H32N3O3P/c1-20(2,3)26-19(24)23-10-4-5-15(14-23)25-18-13-16(27)6-7-17(18)22-11-8-21-9-12-22/h6-7,13,15,21H,4-5,8-12,14,27H2,1-3H3. The molecule has 0 aliphatic carbocycles. The lowest BCUT2D eigenvalue weighted by atomic mass is 10.1. The van der Waals surface area contributed by atoms with Gasteiger partial charge in [0.1, 0.15) is 17.5 Å². The summed E-state index contributed by atoms with van der Waals surface area (Å²) in [5.41, 5.74) is 0.658. The monoisotopic (exact) mass is 393 g/mol. The second-order valence-corrected chi connectivity index (χ2v) is 8.94. The van der Waals surface area contributed by atoms with Gasteiger partial charge in [0.15, 0.2) is 0 Å². The first-order valence-corrected chi connectivity index (χ1v) is 10.4. The molecule has 1 amide bonds. The minimum Gasteiger partial charge on any atom is -0.486 e. The Hall–Kier alpha value is -1.52. The lowest BCUT2D eigenvalue weighted by Gasteiger charge is -2.36. The molecule has 0 spiro atoms. The van der Waals surface area contributed by atoms with Crippen LogP contribution in [0.25, 0.3) is 0 Å². The number of rotatable bonds is 3. The molecule has 2 aliphatic rings. The number of amides is 1. The van der Waals surface area contributed by atoms with Crippen LogP contribution < -0.4 is 20.3 Å². The predicted molar refractivity (Wildman–Crippen MR) is 112 cm³/mol. The maximum Gasteiger partial charge on any atom is 0.410 e. The number of benzene rings is 1. The van der Waals surface area contributed by atoms with E-state index in [1.54, 1.807) is 4.90 Å². The van der Waals surface area contributed by atoms with E-state index in [0.29, 0.717) is 6.54 Å². The van der Waals surface area contributed by atoms with Crippen molar-refractivity contribution in [3.05, 3.63) is 18.2 Å². The van der Waals surface area contributed by atoms with Crippen molar-refractivity contribution >= 4 is 26.3 Å². The Bertz CT molecular complexity index is 656. The van der Waals surface area contributed by atoms with E-state index < -0.39 is 5.60 Å². The third-order valence-electron chi connectivity index (χ3n) is 4.77. The van der Waals surface area contributed by atoms with E-state index in [9.17, 15) is 4.79 Å². The van der Waals surface area contributed by atoms with Crippen LogP contribution in [0, 0.1) is 0 Å². The summed E-state index contributed by atoms with van der Waals surface area (Å²) in [4.78, 5) is 16.5. The van der Waals surface area contributed by atoms with Gasteiger partial charge in [-0.2, -0.15) is 0 Å². The first-order valence-electron chi connectivity index (χ1n) is 9.81. The predicted octanol–water partition coefficient (Wildman–Crippen LogP) is 2.37. The summed E-state index contributed by atoms with van der Waals surface area (Å²) < 4.78 is 11.9. The van der Waals surface area contributed by atoms with Gasteiger partial charge in [0.25, 0.3) is 0 Å². The summed E-state index contributed by atoms with van der Waals surface area (Å²) >= 11 is 0. The third-order valence-corrected chi connectivity index (χ3v) is 5.12. The highest BCUT2D eigenvalue weighted by molar-refractivity contribution is 7.27. The molecule has 3 rings (SSSR count). The summed E-state index contributed by atoms with van der Waals surface area (Å²) in [6.45, 7) is 10.9. The molecule has 2 unspecified atom stereocenters. The molecule has 2 aliphatic heterocycles. The molecule has 2 heterocycles. The molecule has 0 bridgehead atoms. The van der Waals surface area contributed by atoms with Crippen molar-refractivity contribution in [3.8, 4) is 5.75 Å². The van der Waals surface area contributed by atoms with Gasteiger partial charge in [-0.05, 0) is 51.1 Å². The molecule has 6 nitrogen and oxygen atoms in total. The lowest BCUT2D eigenvalue weighted by Crippen LogP contribution is -2.47. The van der Waals surface area contributed by atoms with Crippen LogP contribution in [0.1, 0.15) is 33.6 Å². The van der Waals surface area contributed by atoms with Crippen LogP contribution in [0.4, 0.5) is 10.5 Å². The fourth-order valence-electron chi connectivity index (χ4n) is 3.50. The highest BCUT2D eigenvalue weighted by Gasteiger charge is 2.29. The van der Waals surface area contributed by atoms with Crippen molar-refractivity contribution in [2.75, 3.05) is 44.2 Å². The molecule has 2 atom stereocenters. The zero-order chi connectivity index (χ0) is 19.4. The Balaban J connectivity index is 1.69. The Morgan fingerprint density at radius 2 is 1.96 bits per heavy atom. The SMILES string of the molecule is CC(C)(C)OC(=O)N1CCCC(Oc2cc(P)ccc2N2CCNCC2)C1. The first-order chi connectivity index (χ1) is 12.8. The van der Waals surface area contributed by atoms with Gasteiger partial charge in [-0.1, -0.05) is 6.07 Å². The number of carbonyl (C=O) groups is 1. The van der Waals surface area contributed by atoms with Crippen LogP contribution in [0.2, 0.25) is 0 Å². The summed E-state index contributed by atoms with van der Waals surface area (Å²) in [7, 11) is 2.74. The molecular weight excluding hydrogens is 361 g/mol. The summed E-state index contributed by atoms with van der Waals surface area (Å²) in [5, 5.41) is 4.49. The molecule has 1 aromatic rings. The van der Waals surface area contributed by atoms with E-state index >= 15 is 0 Å². The molecule has 1 aromatic carbocycles. The van der Waals surface area contributed by atoms with Crippen LogP contribution in [0.5, 0.6) is 5.75 Å². The Labute approximate surface area is 164 Å². The van der Waals surface area contributed by atoms with E-state index in [2.05, 4.69) is 37.7 Å². The van der Waals surface area contributed by atoms with E-state index in [0.717, 1.165) is 62.3 Å². The van der Waals surface area contributed by atoms with Crippen molar-refractivity contribution < 1.29 is 14.3 Å². The number of anilines is 1. The van der Waals surface area contributed by atoms with Crippen molar-refractivity contribution in [2.24, 2.45) is 0 Å². The number of nitrogens with zero attached hydrogens (tertiary/aromatic N) is 2. The highest BCUT2D eigenvalue weighted by atomic mass is 31.0. The van der Waals surface area contributed by atoms with Crippen LogP contribution >= 0.6 is 9.24 Å². The summed E-state index contributed by atoms with van der Waals surface area (Å²) in [6, 6.07) is 6.31. The fourth-order valence-corrected chi connectivity index (χ4v) is 3.75. The van der Waals surface area contributed by atoms with Crippen LogP contribution in [-0.4, -0.2) is 62.0 Å². The molecular formula is C20H32N3O3P. The van der Waals surface area contributed by atoms with Gasteiger partial charge in [0, 0.05) is 32.7 Å². The number of carbonyl (C=O) groups excluding carboxylic acids is 1. The van der Waals surface area contributed by atoms with Gasteiger partial charge >= 0.3 is 6.09 Å². The molecule has 27 heavy (non-hydrogen) atoms. The number of nitrogens with one attached hydrogen (secondary N) is 1. The van der Waals surface area contributed by atoms with Crippen molar-refractivity contribution in [3.63, 3.8) is 0 Å². The van der Waals surface area contributed by atoms with Gasteiger partial charge in [-0.3, -0.25) is 0 Å². The van der Waals surface area contributed by atoms with Crippen LogP contribution in [0.3, 0.4) is 0 Å². The molecule has 2 saturated heterocycles. The Morgan fingerprint density at radius 1 is 1.22 bits per heavy atom. The smallest absolute Gasteiger partial charge is 0.410 e. The maximum atomic E-state index is 12.4. The van der Waals surface area contributed by atoms with Gasteiger partial charge in [0.05, 0.1) is 12.2 Å². The average Bonchev–Trinajstić information content (AvgIpc) is 2.61. The summed E-state index contributed by atoms with van der Waals surface area (Å²) in [6.07, 6.45) is 1.60. The second kappa shape index (κ2) is 8.66. The molecule has 0 radical (unpaired) electrons. The number of piperazine rings is 1. The zero-order valence-corrected chi connectivity index (χ0v) is 17.8. The van der Waals surface area contributed by atoms with Gasteiger partial charge in [-0.25, -0.2) is 4.79 Å². The van der Waals surface area contributed by atoms with Crippen molar-refractivity contribution in [1.82, 2.24) is 10.2 Å². The third kappa shape index (κ3) is 5.73. The van der Waals surface area contributed by atoms with Crippen LogP contribution in [-0.2, 0) is 4.74 Å². The molecule has 7 heteroatoms.